The highest BCUT2D eigenvalue weighted by Gasteiger charge is 2.31. The number of nitrogens with one attached hydrogen (secondary N) is 2. The minimum atomic E-state index is -0.910. The third-order valence-electron chi connectivity index (χ3n) is 6.37. The molecule has 0 saturated carbocycles. The first-order valence-electron chi connectivity index (χ1n) is 12.2. The van der Waals surface area contributed by atoms with Gasteiger partial charge in [-0.3, -0.25) is 9.59 Å². The van der Waals surface area contributed by atoms with Crippen LogP contribution < -0.4 is 15.4 Å². The van der Waals surface area contributed by atoms with Crippen LogP contribution in [0.1, 0.15) is 49.5 Å². The van der Waals surface area contributed by atoms with Crippen molar-refractivity contribution < 1.29 is 44.3 Å². The van der Waals surface area contributed by atoms with E-state index in [1.165, 1.54) is 49.6 Å². The second-order valence-electron chi connectivity index (χ2n) is 8.99. The number of ether oxygens (including phenoxy) is 2. The Morgan fingerprint density at radius 1 is 0.897 bits per heavy atom. The van der Waals surface area contributed by atoms with Gasteiger partial charge in [0.25, 0.3) is 5.91 Å². The maximum atomic E-state index is 13.1. The van der Waals surface area contributed by atoms with E-state index in [1.54, 1.807) is 0 Å². The summed E-state index contributed by atoms with van der Waals surface area (Å²) in [6.45, 7) is 0.974. The van der Waals surface area contributed by atoms with E-state index in [4.69, 9.17) is 9.47 Å². The molecule has 1 fully saturated rings. The molecule has 3 aromatic rings. The summed E-state index contributed by atoms with van der Waals surface area (Å²) in [5, 5.41) is 46.8. The quantitative estimate of drug-likeness (QED) is 0.194. The smallest absolute Gasteiger partial charge is 0.338 e. The Bertz CT molecular complexity index is 1370. The zero-order chi connectivity index (χ0) is 28.1. The summed E-state index contributed by atoms with van der Waals surface area (Å²) < 4.78 is 10.8. The van der Waals surface area contributed by atoms with E-state index in [0.717, 1.165) is 12.1 Å². The SMILES string of the molecule is COc1cccc(O)c1C(=O)c1c(O)cc(C(=O)O[C@@H]2CCCNCC2NC(=O)c2ccc(O)cc2)cc1O. The molecule has 1 aliphatic rings. The number of aromatic hydroxyl groups is 4. The van der Waals surface area contributed by atoms with Gasteiger partial charge in [-0.15, -0.1) is 0 Å². The summed E-state index contributed by atoms with van der Waals surface area (Å²) in [6, 6.07) is 11.3. The van der Waals surface area contributed by atoms with Crippen molar-refractivity contribution in [3.63, 3.8) is 0 Å². The molecule has 4 rings (SSSR count). The predicted octanol–water partition coefficient (Wildman–Crippen LogP) is 2.46. The fourth-order valence-corrected chi connectivity index (χ4v) is 4.38. The molecule has 3 aromatic carbocycles. The molecule has 11 heteroatoms. The highest BCUT2D eigenvalue weighted by molar-refractivity contribution is 6.16. The van der Waals surface area contributed by atoms with Crippen molar-refractivity contribution in [2.24, 2.45) is 0 Å². The van der Waals surface area contributed by atoms with E-state index in [9.17, 15) is 34.8 Å². The third-order valence-corrected chi connectivity index (χ3v) is 6.37. The number of hydrogen-bond acceptors (Lipinski definition) is 10. The van der Waals surface area contributed by atoms with Gasteiger partial charge in [0.1, 0.15) is 46.0 Å². The van der Waals surface area contributed by atoms with Crippen LogP contribution in [-0.4, -0.2) is 70.4 Å². The molecule has 0 bridgehead atoms. The number of amides is 1. The number of ketones is 1. The van der Waals surface area contributed by atoms with Gasteiger partial charge in [0.2, 0.25) is 5.78 Å². The van der Waals surface area contributed by atoms with Crippen molar-refractivity contribution in [1.82, 2.24) is 10.6 Å². The Hall–Kier alpha value is -4.77. The van der Waals surface area contributed by atoms with Gasteiger partial charge >= 0.3 is 5.97 Å². The molecule has 0 radical (unpaired) electrons. The summed E-state index contributed by atoms with van der Waals surface area (Å²) in [4.78, 5) is 38.8. The third kappa shape index (κ3) is 6.04. The van der Waals surface area contributed by atoms with Crippen LogP contribution in [0.3, 0.4) is 0 Å². The summed E-state index contributed by atoms with van der Waals surface area (Å²) in [6.07, 6.45) is 0.362. The zero-order valence-corrected chi connectivity index (χ0v) is 21.0. The standard InChI is InChI=1S/C28H28N2O9/c1-38-23-5-2-4-19(32)25(23)26(35)24-20(33)12-16(13-21(24)34)28(37)39-22-6-3-11-29-14-18(22)30-27(36)15-7-9-17(31)10-8-15/h2,4-5,7-10,12-13,18,22,29,31-34H,3,6,11,14H2,1H3,(H,30,36)/t18?,22-/m1/s1. The molecule has 6 N–H and O–H groups in total. The number of phenolic OH excluding ortho intramolecular Hbond substituents is 4. The fraction of sp³-hybridized carbons (Fsp3) is 0.250. The van der Waals surface area contributed by atoms with Crippen LogP contribution in [0.25, 0.3) is 0 Å². The van der Waals surface area contributed by atoms with E-state index in [2.05, 4.69) is 10.6 Å². The van der Waals surface area contributed by atoms with E-state index in [1.807, 2.05) is 0 Å². The first-order valence-corrected chi connectivity index (χ1v) is 12.2. The maximum absolute atomic E-state index is 13.1. The van der Waals surface area contributed by atoms with Gasteiger partial charge < -0.3 is 40.5 Å². The van der Waals surface area contributed by atoms with E-state index < -0.39 is 52.6 Å². The average Bonchev–Trinajstić information content (AvgIpc) is 3.12. The predicted molar refractivity (Wildman–Crippen MR) is 139 cm³/mol. The topological polar surface area (TPSA) is 175 Å². The number of esters is 1. The number of carbonyl (C=O) groups excluding carboxylic acids is 3. The van der Waals surface area contributed by atoms with E-state index in [0.29, 0.717) is 31.5 Å². The number of phenols is 4. The lowest BCUT2D eigenvalue weighted by Gasteiger charge is -2.26. The number of benzene rings is 3. The monoisotopic (exact) mass is 536 g/mol. The van der Waals surface area contributed by atoms with E-state index >= 15 is 0 Å². The molecular formula is C28H28N2O9. The summed E-state index contributed by atoms with van der Waals surface area (Å²) in [5.41, 5.74) is -0.687. The van der Waals surface area contributed by atoms with Crippen LogP contribution >= 0.6 is 0 Å². The lowest BCUT2D eigenvalue weighted by atomic mass is 9.98. The molecule has 1 saturated heterocycles. The van der Waals surface area contributed by atoms with Crippen molar-refractivity contribution in [2.45, 2.75) is 25.0 Å². The van der Waals surface area contributed by atoms with Gasteiger partial charge in [-0.05, 0) is 67.9 Å². The van der Waals surface area contributed by atoms with E-state index in [-0.39, 0.29) is 22.6 Å². The molecule has 2 atom stereocenters. The second-order valence-corrected chi connectivity index (χ2v) is 8.99. The zero-order valence-electron chi connectivity index (χ0n) is 21.0. The molecule has 1 aliphatic heterocycles. The van der Waals surface area contributed by atoms with Gasteiger partial charge in [-0.2, -0.15) is 0 Å². The van der Waals surface area contributed by atoms with Gasteiger partial charge in [0, 0.05) is 12.1 Å². The average molecular weight is 537 g/mol. The summed E-state index contributed by atoms with van der Waals surface area (Å²) in [5.74, 6) is -3.96. The molecular weight excluding hydrogens is 508 g/mol. The summed E-state index contributed by atoms with van der Waals surface area (Å²) >= 11 is 0. The largest absolute Gasteiger partial charge is 0.508 e. The highest BCUT2D eigenvalue weighted by Crippen LogP contribution is 2.37. The fourth-order valence-electron chi connectivity index (χ4n) is 4.38. The van der Waals surface area contributed by atoms with Gasteiger partial charge in [0.15, 0.2) is 0 Å². The highest BCUT2D eigenvalue weighted by atomic mass is 16.5. The van der Waals surface area contributed by atoms with Crippen molar-refractivity contribution in [3.05, 3.63) is 76.9 Å². The number of methoxy groups -OCH3 is 1. The van der Waals surface area contributed by atoms with Crippen LogP contribution in [0, 0.1) is 0 Å². The van der Waals surface area contributed by atoms with Crippen LogP contribution in [0.4, 0.5) is 0 Å². The van der Waals surface area contributed by atoms with Crippen LogP contribution in [-0.2, 0) is 4.74 Å². The molecule has 1 heterocycles. The molecule has 1 unspecified atom stereocenters. The van der Waals surface area contributed by atoms with Crippen molar-refractivity contribution >= 4 is 17.7 Å². The lowest BCUT2D eigenvalue weighted by Crippen LogP contribution is -2.49. The lowest BCUT2D eigenvalue weighted by molar-refractivity contribution is 0.0191. The minimum Gasteiger partial charge on any atom is -0.508 e. The Balaban J connectivity index is 1.54. The maximum Gasteiger partial charge on any atom is 0.338 e. The Morgan fingerprint density at radius 2 is 1.59 bits per heavy atom. The van der Waals surface area contributed by atoms with Gasteiger partial charge in [-0.1, -0.05) is 6.07 Å². The number of rotatable bonds is 7. The molecule has 11 nitrogen and oxygen atoms in total. The van der Waals surface area contributed by atoms with Crippen LogP contribution in [0.5, 0.6) is 28.7 Å². The van der Waals surface area contributed by atoms with Crippen LogP contribution in [0.2, 0.25) is 0 Å². The molecule has 39 heavy (non-hydrogen) atoms. The number of hydrogen-bond donors (Lipinski definition) is 6. The molecule has 0 spiro atoms. The number of carbonyl (C=O) groups is 3. The molecule has 1 amide bonds. The second kappa shape index (κ2) is 11.7. The Labute approximate surface area is 223 Å². The molecule has 0 aromatic heterocycles. The Kier molecular flexibility index (Phi) is 8.21. The molecule has 204 valence electrons. The normalized spacial score (nSPS) is 17.1. The van der Waals surface area contributed by atoms with Crippen molar-refractivity contribution in [3.8, 4) is 28.7 Å². The minimum absolute atomic E-state index is 0.0217. The van der Waals surface area contributed by atoms with Gasteiger partial charge in [0.05, 0.1) is 18.7 Å². The first kappa shape index (κ1) is 27.3. The van der Waals surface area contributed by atoms with Crippen LogP contribution in [0.15, 0.2) is 54.6 Å². The Morgan fingerprint density at radius 3 is 2.26 bits per heavy atom. The first-order chi connectivity index (χ1) is 18.7. The van der Waals surface area contributed by atoms with Crippen molar-refractivity contribution in [1.29, 1.82) is 0 Å². The molecule has 0 aliphatic carbocycles. The van der Waals surface area contributed by atoms with Gasteiger partial charge in [-0.25, -0.2) is 4.79 Å². The van der Waals surface area contributed by atoms with Crippen molar-refractivity contribution in [2.75, 3.05) is 20.2 Å². The summed E-state index contributed by atoms with van der Waals surface area (Å²) in [7, 11) is 1.30.